The maximum atomic E-state index is 8.93. The summed E-state index contributed by atoms with van der Waals surface area (Å²) in [7, 11) is 0. The molecule has 0 spiro atoms. The van der Waals surface area contributed by atoms with E-state index in [0.717, 1.165) is 0 Å². The third-order valence-corrected chi connectivity index (χ3v) is 0.669. The van der Waals surface area contributed by atoms with Gasteiger partial charge in [-0.3, -0.25) is 5.32 Å². The molecule has 0 bridgehead atoms. The van der Waals surface area contributed by atoms with Gasteiger partial charge in [0.05, 0.1) is 6.61 Å². The number of aliphatic hydroxyl groups excluding tert-OH is 1. The molecule has 0 aromatic rings. The highest BCUT2D eigenvalue weighted by molar-refractivity contribution is 4.59. The highest BCUT2D eigenvalue weighted by Gasteiger charge is 2.08. The van der Waals surface area contributed by atoms with Crippen LogP contribution in [0.15, 0.2) is 0 Å². The van der Waals surface area contributed by atoms with E-state index in [1.165, 1.54) is 0 Å². The second-order valence-corrected chi connectivity index (χ2v) is 2.21. The SMILES string of the molecule is CC(C)(O)NCCO. The van der Waals surface area contributed by atoms with Crippen molar-refractivity contribution in [1.29, 1.82) is 0 Å². The zero-order valence-electron chi connectivity index (χ0n) is 5.31. The molecule has 0 aliphatic carbocycles. The molecular formula is C5H13NO2. The molecule has 0 aromatic heterocycles. The van der Waals surface area contributed by atoms with Gasteiger partial charge in [-0.25, -0.2) is 0 Å². The molecule has 0 heterocycles. The van der Waals surface area contributed by atoms with E-state index in [0.29, 0.717) is 6.54 Å². The predicted molar refractivity (Wildman–Crippen MR) is 31.4 cm³/mol. The lowest BCUT2D eigenvalue weighted by Gasteiger charge is -2.17. The van der Waals surface area contributed by atoms with Crippen LogP contribution in [0.4, 0.5) is 0 Å². The van der Waals surface area contributed by atoms with Crippen LogP contribution in [-0.2, 0) is 0 Å². The Kier molecular flexibility index (Phi) is 2.97. The molecule has 3 nitrogen and oxygen atoms in total. The molecule has 0 radical (unpaired) electrons. The van der Waals surface area contributed by atoms with Gasteiger partial charge < -0.3 is 10.2 Å². The summed E-state index contributed by atoms with van der Waals surface area (Å²) in [6.07, 6.45) is 0. The number of hydrogen-bond donors (Lipinski definition) is 3. The topological polar surface area (TPSA) is 52.5 Å². The fourth-order valence-electron chi connectivity index (χ4n) is 0.362. The largest absolute Gasteiger partial charge is 0.395 e. The Labute approximate surface area is 49.3 Å². The van der Waals surface area contributed by atoms with E-state index in [2.05, 4.69) is 5.32 Å². The molecule has 0 aliphatic rings. The van der Waals surface area contributed by atoms with Crippen LogP contribution in [0.5, 0.6) is 0 Å². The quantitative estimate of drug-likeness (QED) is 0.430. The average molecular weight is 119 g/mol. The molecule has 0 atom stereocenters. The standard InChI is InChI=1S/C5H13NO2/c1-5(2,8)6-3-4-7/h6-8H,3-4H2,1-2H3. The fraction of sp³-hybridized carbons (Fsp3) is 1.00. The monoisotopic (exact) mass is 119 g/mol. The molecule has 0 saturated heterocycles. The molecule has 0 rings (SSSR count). The van der Waals surface area contributed by atoms with Crippen molar-refractivity contribution >= 4 is 0 Å². The van der Waals surface area contributed by atoms with Crippen LogP contribution in [0.3, 0.4) is 0 Å². The minimum atomic E-state index is -0.858. The van der Waals surface area contributed by atoms with Gasteiger partial charge in [0.15, 0.2) is 0 Å². The summed E-state index contributed by atoms with van der Waals surface area (Å²) >= 11 is 0. The van der Waals surface area contributed by atoms with Gasteiger partial charge in [0.2, 0.25) is 0 Å². The van der Waals surface area contributed by atoms with E-state index in [9.17, 15) is 0 Å². The maximum Gasteiger partial charge on any atom is 0.110 e. The van der Waals surface area contributed by atoms with Gasteiger partial charge in [0, 0.05) is 6.54 Å². The molecule has 0 saturated carbocycles. The number of nitrogens with one attached hydrogen (secondary N) is 1. The first kappa shape index (κ1) is 7.88. The van der Waals surface area contributed by atoms with Crippen LogP contribution in [0.2, 0.25) is 0 Å². The first-order valence-corrected chi connectivity index (χ1v) is 2.64. The molecule has 0 unspecified atom stereocenters. The number of rotatable bonds is 3. The van der Waals surface area contributed by atoms with Crippen molar-refractivity contribution in [2.75, 3.05) is 13.2 Å². The Hall–Kier alpha value is -0.120. The Balaban J connectivity index is 3.11. The number of hydrogen-bond acceptors (Lipinski definition) is 3. The minimum Gasteiger partial charge on any atom is -0.395 e. The minimum absolute atomic E-state index is 0.0595. The summed E-state index contributed by atoms with van der Waals surface area (Å²) in [4.78, 5) is 0. The molecule has 8 heavy (non-hydrogen) atoms. The molecule has 50 valence electrons. The van der Waals surface area contributed by atoms with Crippen molar-refractivity contribution in [2.24, 2.45) is 0 Å². The first-order chi connectivity index (χ1) is 3.56. The normalized spacial score (nSPS) is 12.0. The molecular weight excluding hydrogens is 106 g/mol. The fourth-order valence-corrected chi connectivity index (χ4v) is 0.362. The van der Waals surface area contributed by atoms with Gasteiger partial charge >= 0.3 is 0 Å². The van der Waals surface area contributed by atoms with E-state index in [1.54, 1.807) is 13.8 Å². The summed E-state index contributed by atoms with van der Waals surface area (Å²) in [6, 6.07) is 0. The van der Waals surface area contributed by atoms with E-state index < -0.39 is 5.72 Å². The second kappa shape index (κ2) is 3.02. The van der Waals surface area contributed by atoms with Crippen molar-refractivity contribution in [2.45, 2.75) is 19.6 Å². The van der Waals surface area contributed by atoms with Crippen molar-refractivity contribution in [3.8, 4) is 0 Å². The molecule has 3 N–H and O–H groups in total. The highest BCUT2D eigenvalue weighted by Crippen LogP contribution is 1.91. The van der Waals surface area contributed by atoms with Crippen LogP contribution in [-0.4, -0.2) is 29.1 Å². The predicted octanol–water partition coefficient (Wildman–Crippen LogP) is -0.703. The Morgan fingerprint density at radius 3 is 2.12 bits per heavy atom. The van der Waals surface area contributed by atoms with E-state index in [1.807, 2.05) is 0 Å². The van der Waals surface area contributed by atoms with E-state index in [4.69, 9.17) is 10.2 Å². The van der Waals surface area contributed by atoms with Gasteiger partial charge in [-0.05, 0) is 13.8 Å². The third-order valence-electron chi connectivity index (χ3n) is 0.669. The summed E-state index contributed by atoms with van der Waals surface area (Å²) in [5.41, 5.74) is -0.858. The van der Waals surface area contributed by atoms with E-state index >= 15 is 0 Å². The lowest BCUT2D eigenvalue weighted by Crippen LogP contribution is -2.40. The Bertz CT molecular complexity index is 57.9. The van der Waals surface area contributed by atoms with Gasteiger partial charge in [-0.15, -0.1) is 0 Å². The summed E-state index contributed by atoms with van der Waals surface area (Å²) in [5, 5.41) is 19.9. The van der Waals surface area contributed by atoms with Crippen LogP contribution in [0.25, 0.3) is 0 Å². The van der Waals surface area contributed by atoms with Gasteiger partial charge in [-0.2, -0.15) is 0 Å². The van der Waals surface area contributed by atoms with Crippen LogP contribution < -0.4 is 5.32 Å². The van der Waals surface area contributed by atoms with Crippen molar-refractivity contribution in [1.82, 2.24) is 5.32 Å². The average Bonchev–Trinajstić information content (AvgIpc) is 1.59. The third kappa shape index (κ3) is 5.88. The molecule has 0 aromatic carbocycles. The smallest absolute Gasteiger partial charge is 0.110 e. The van der Waals surface area contributed by atoms with Crippen molar-refractivity contribution in [3.63, 3.8) is 0 Å². The highest BCUT2D eigenvalue weighted by atomic mass is 16.3. The van der Waals surface area contributed by atoms with Crippen molar-refractivity contribution in [3.05, 3.63) is 0 Å². The lowest BCUT2D eigenvalue weighted by atomic mass is 10.3. The lowest BCUT2D eigenvalue weighted by molar-refractivity contribution is 0.0390. The zero-order valence-corrected chi connectivity index (χ0v) is 5.31. The van der Waals surface area contributed by atoms with Gasteiger partial charge in [0.1, 0.15) is 5.72 Å². The molecule has 0 fully saturated rings. The maximum absolute atomic E-state index is 8.93. The summed E-state index contributed by atoms with van der Waals surface area (Å²) in [6.45, 7) is 3.75. The zero-order chi connectivity index (χ0) is 6.62. The summed E-state index contributed by atoms with van der Waals surface area (Å²) in [5.74, 6) is 0. The van der Waals surface area contributed by atoms with Gasteiger partial charge in [0.25, 0.3) is 0 Å². The molecule has 0 aliphatic heterocycles. The van der Waals surface area contributed by atoms with Crippen molar-refractivity contribution < 1.29 is 10.2 Å². The van der Waals surface area contributed by atoms with Crippen LogP contribution in [0, 0.1) is 0 Å². The van der Waals surface area contributed by atoms with Gasteiger partial charge in [-0.1, -0.05) is 0 Å². The Morgan fingerprint density at radius 1 is 1.50 bits per heavy atom. The van der Waals surface area contributed by atoms with E-state index in [-0.39, 0.29) is 6.61 Å². The van der Waals surface area contributed by atoms with Crippen LogP contribution >= 0.6 is 0 Å². The summed E-state index contributed by atoms with van der Waals surface area (Å²) < 4.78 is 0. The Morgan fingerprint density at radius 2 is 2.00 bits per heavy atom. The second-order valence-electron chi connectivity index (χ2n) is 2.21. The first-order valence-electron chi connectivity index (χ1n) is 2.64. The molecule has 3 heteroatoms. The number of aliphatic hydroxyl groups is 2. The van der Waals surface area contributed by atoms with Crippen LogP contribution in [0.1, 0.15) is 13.8 Å². The molecule has 0 amide bonds.